The highest BCUT2D eigenvalue weighted by Crippen LogP contribution is 2.49. The van der Waals surface area contributed by atoms with Crippen LogP contribution in [0.5, 0.6) is 0 Å². The molecule has 2 N–H and O–H groups in total. The molecule has 0 aliphatic heterocycles. The fourth-order valence-electron chi connectivity index (χ4n) is 0.714. The minimum atomic E-state index is -5.54. The maximum atomic E-state index is 12.0. The van der Waals surface area contributed by atoms with Gasteiger partial charge in [-0.1, -0.05) is 6.92 Å². The van der Waals surface area contributed by atoms with E-state index in [1.165, 1.54) is 6.92 Å². The zero-order valence-electron chi connectivity index (χ0n) is 7.69. The standard InChI is InChI=1S/C6H10F3O5P/c1-2-3-4(10)14-5(6(7,8)9)15(11,12)13/h5H,2-3H2,1H3,(H2,11,12,13). The Morgan fingerprint density at radius 1 is 1.47 bits per heavy atom. The molecule has 5 nitrogen and oxygen atoms in total. The van der Waals surface area contributed by atoms with Crippen LogP contribution < -0.4 is 0 Å². The van der Waals surface area contributed by atoms with Gasteiger partial charge in [-0.15, -0.1) is 0 Å². The van der Waals surface area contributed by atoms with Crippen LogP contribution in [0.25, 0.3) is 0 Å². The van der Waals surface area contributed by atoms with Gasteiger partial charge in [-0.05, 0) is 6.42 Å². The smallest absolute Gasteiger partial charge is 0.437 e. The molecular weight excluding hydrogens is 240 g/mol. The summed E-state index contributed by atoms with van der Waals surface area (Å²) in [5, 5.41) is 0. The Morgan fingerprint density at radius 2 is 1.93 bits per heavy atom. The number of carbonyl (C=O) groups is 1. The summed E-state index contributed by atoms with van der Waals surface area (Å²) in [5.74, 6) is -4.66. The van der Waals surface area contributed by atoms with Crippen molar-refractivity contribution in [2.45, 2.75) is 31.8 Å². The van der Waals surface area contributed by atoms with E-state index in [1.54, 1.807) is 0 Å². The Hall–Kier alpha value is -0.590. The first kappa shape index (κ1) is 14.4. The van der Waals surface area contributed by atoms with Crippen molar-refractivity contribution in [1.82, 2.24) is 0 Å². The highest BCUT2D eigenvalue weighted by molar-refractivity contribution is 7.52. The average Bonchev–Trinajstić information content (AvgIpc) is 1.96. The van der Waals surface area contributed by atoms with Crippen LogP contribution in [0, 0.1) is 0 Å². The highest BCUT2D eigenvalue weighted by Gasteiger charge is 2.54. The van der Waals surface area contributed by atoms with Crippen molar-refractivity contribution in [2.24, 2.45) is 0 Å². The molecule has 90 valence electrons. The molecule has 0 aliphatic carbocycles. The number of rotatable bonds is 4. The van der Waals surface area contributed by atoms with Gasteiger partial charge in [-0.2, -0.15) is 13.2 Å². The lowest BCUT2D eigenvalue weighted by atomic mass is 10.3. The normalized spacial score (nSPS) is 14.8. The van der Waals surface area contributed by atoms with Gasteiger partial charge in [-0.25, -0.2) is 0 Å². The number of carbonyl (C=O) groups excluding carboxylic acids is 1. The molecule has 1 unspecified atom stereocenters. The monoisotopic (exact) mass is 250 g/mol. The third-order valence-corrected chi connectivity index (χ3v) is 2.29. The van der Waals surface area contributed by atoms with Gasteiger partial charge < -0.3 is 14.5 Å². The summed E-state index contributed by atoms with van der Waals surface area (Å²) in [7, 11) is -5.54. The van der Waals surface area contributed by atoms with Crippen molar-refractivity contribution < 1.29 is 37.1 Å². The molecule has 0 bridgehead atoms. The number of alkyl halides is 3. The van der Waals surface area contributed by atoms with E-state index < -0.39 is 25.6 Å². The van der Waals surface area contributed by atoms with Gasteiger partial charge in [-0.3, -0.25) is 9.36 Å². The summed E-state index contributed by atoms with van der Waals surface area (Å²) in [5.41, 5.74) is 0. The van der Waals surface area contributed by atoms with E-state index in [-0.39, 0.29) is 12.8 Å². The number of ether oxygens (including phenoxy) is 1. The maximum Gasteiger partial charge on any atom is 0.437 e. The molecule has 0 aromatic heterocycles. The van der Waals surface area contributed by atoms with Crippen LogP contribution in [0.3, 0.4) is 0 Å². The molecule has 0 fully saturated rings. The van der Waals surface area contributed by atoms with Gasteiger partial charge >= 0.3 is 19.7 Å². The quantitative estimate of drug-likeness (QED) is 0.582. The Morgan fingerprint density at radius 3 is 2.20 bits per heavy atom. The average molecular weight is 250 g/mol. The van der Waals surface area contributed by atoms with Crippen LogP contribution in [0.4, 0.5) is 13.2 Å². The minimum Gasteiger partial charge on any atom is -0.439 e. The summed E-state index contributed by atoms with van der Waals surface area (Å²) in [6.45, 7) is 1.52. The van der Waals surface area contributed by atoms with Crippen molar-refractivity contribution in [3.8, 4) is 0 Å². The molecule has 0 rings (SSSR count). The van der Waals surface area contributed by atoms with Crippen LogP contribution in [-0.4, -0.2) is 27.8 Å². The van der Waals surface area contributed by atoms with Crippen LogP contribution in [0.1, 0.15) is 19.8 Å². The van der Waals surface area contributed by atoms with E-state index in [9.17, 15) is 22.5 Å². The molecule has 0 spiro atoms. The second kappa shape index (κ2) is 4.96. The summed E-state index contributed by atoms with van der Waals surface area (Å²) in [4.78, 5) is 27.4. The Kier molecular flexibility index (Phi) is 4.76. The number of esters is 1. The molecule has 0 saturated heterocycles. The highest BCUT2D eigenvalue weighted by atomic mass is 31.2. The lowest BCUT2D eigenvalue weighted by molar-refractivity contribution is -0.202. The van der Waals surface area contributed by atoms with Gasteiger partial charge in [0, 0.05) is 6.42 Å². The zero-order chi connectivity index (χ0) is 12.3. The van der Waals surface area contributed by atoms with Crippen molar-refractivity contribution in [3.63, 3.8) is 0 Å². The van der Waals surface area contributed by atoms with E-state index in [4.69, 9.17) is 9.79 Å². The van der Waals surface area contributed by atoms with Crippen molar-refractivity contribution in [3.05, 3.63) is 0 Å². The van der Waals surface area contributed by atoms with E-state index >= 15 is 0 Å². The van der Waals surface area contributed by atoms with Gasteiger partial charge in [0.15, 0.2) is 0 Å². The van der Waals surface area contributed by atoms with E-state index in [1.807, 2.05) is 0 Å². The Bertz CT molecular complexity index is 270. The minimum absolute atomic E-state index is 0.227. The second-order valence-electron chi connectivity index (χ2n) is 2.72. The molecule has 0 amide bonds. The molecule has 0 aromatic carbocycles. The Labute approximate surface area is 83.4 Å². The van der Waals surface area contributed by atoms with Gasteiger partial charge in [0.2, 0.25) is 0 Å². The van der Waals surface area contributed by atoms with Crippen molar-refractivity contribution >= 4 is 13.6 Å². The van der Waals surface area contributed by atoms with E-state index in [2.05, 4.69) is 4.74 Å². The Balaban J connectivity index is 4.70. The number of hydrogen-bond acceptors (Lipinski definition) is 3. The SMILES string of the molecule is CCCC(=O)OC(C(F)(F)F)P(=O)(O)O. The fourth-order valence-corrected chi connectivity index (χ4v) is 1.35. The lowest BCUT2D eigenvalue weighted by Crippen LogP contribution is -2.33. The van der Waals surface area contributed by atoms with Crippen LogP contribution in [0.15, 0.2) is 0 Å². The predicted octanol–water partition coefficient (Wildman–Crippen LogP) is 1.40. The second-order valence-corrected chi connectivity index (χ2v) is 4.37. The lowest BCUT2D eigenvalue weighted by Gasteiger charge is -2.21. The fraction of sp³-hybridized carbons (Fsp3) is 0.833. The molecule has 0 heterocycles. The maximum absolute atomic E-state index is 12.0. The van der Waals surface area contributed by atoms with Gasteiger partial charge in [0.05, 0.1) is 0 Å². The summed E-state index contributed by atoms with van der Waals surface area (Å²) in [6, 6.07) is 0. The molecule has 15 heavy (non-hydrogen) atoms. The van der Waals surface area contributed by atoms with Gasteiger partial charge in [0.25, 0.3) is 5.85 Å². The van der Waals surface area contributed by atoms with Crippen LogP contribution in [-0.2, 0) is 14.1 Å². The number of hydrogen-bond donors (Lipinski definition) is 2. The first-order chi connectivity index (χ1) is 6.59. The molecule has 0 aromatic rings. The predicted molar refractivity (Wildman–Crippen MR) is 42.9 cm³/mol. The molecule has 9 heteroatoms. The summed E-state index contributed by atoms with van der Waals surface area (Å²) in [6.07, 6.45) is -5.38. The van der Waals surface area contributed by atoms with Crippen molar-refractivity contribution in [1.29, 1.82) is 0 Å². The topological polar surface area (TPSA) is 83.8 Å². The molecule has 1 atom stereocenters. The van der Waals surface area contributed by atoms with Crippen LogP contribution >= 0.6 is 7.60 Å². The van der Waals surface area contributed by atoms with E-state index in [0.29, 0.717) is 0 Å². The first-order valence-electron chi connectivity index (χ1n) is 3.90. The summed E-state index contributed by atoms with van der Waals surface area (Å²) < 4.78 is 50.2. The zero-order valence-corrected chi connectivity index (χ0v) is 8.59. The third-order valence-electron chi connectivity index (χ3n) is 1.28. The summed E-state index contributed by atoms with van der Waals surface area (Å²) >= 11 is 0. The molecule has 0 aliphatic rings. The molecular formula is C6H10F3O5P. The third kappa shape index (κ3) is 5.15. The number of halogens is 3. The molecule has 0 saturated carbocycles. The first-order valence-corrected chi connectivity index (χ1v) is 5.58. The molecule has 0 radical (unpaired) electrons. The van der Waals surface area contributed by atoms with Crippen molar-refractivity contribution in [2.75, 3.05) is 0 Å². The van der Waals surface area contributed by atoms with E-state index in [0.717, 1.165) is 0 Å². The van der Waals surface area contributed by atoms with Crippen LogP contribution in [0.2, 0.25) is 0 Å². The largest absolute Gasteiger partial charge is 0.439 e. The van der Waals surface area contributed by atoms with Gasteiger partial charge in [0.1, 0.15) is 0 Å².